The minimum atomic E-state index is -1.10. The Labute approximate surface area is 99.4 Å². The van der Waals surface area contributed by atoms with E-state index >= 15 is 0 Å². The van der Waals surface area contributed by atoms with E-state index < -0.39 is 5.97 Å². The summed E-state index contributed by atoms with van der Waals surface area (Å²) in [6, 6.07) is 1.30. The minimum Gasteiger partial charge on any atom is -0.478 e. The van der Waals surface area contributed by atoms with E-state index in [1.807, 2.05) is 6.92 Å². The normalized spacial score (nSPS) is 10.2. The lowest BCUT2D eigenvalue weighted by molar-refractivity contribution is 0.0696. The van der Waals surface area contributed by atoms with E-state index in [1.54, 1.807) is 0 Å². The van der Waals surface area contributed by atoms with Gasteiger partial charge in [-0.15, -0.1) is 0 Å². The quantitative estimate of drug-likeness (QED) is 0.694. The van der Waals surface area contributed by atoms with E-state index in [0.717, 1.165) is 6.42 Å². The van der Waals surface area contributed by atoms with Gasteiger partial charge in [-0.2, -0.15) is 0 Å². The Bertz CT molecular complexity index is 382. The molecule has 1 heterocycles. The van der Waals surface area contributed by atoms with Crippen LogP contribution in [0.1, 0.15) is 23.7 Å². The first-order valence-electron chi connectivity index (χ1n) is 5.34. The molecular weight excluding hydrogens is 224 g/mol. The summed E-state index contributed by atoms with van der Waals surface area (Å²) < 4.78 is 10.5. The zero-order valence-electron chi connectivity index (χ0n) is 9.68. The Morgan fingerprint density at radius 3 is 2.88 bits per heavy atom. The number of hydrogen-bond donors (Lipinski definition) is 2. The van der Waals surface area contributed by atoms with Crippen molar-refractivity contribution in [1.29, 1.82) is 0 Å². The highest BCUT2D eigenvalue weighted by molar-refractivity contribution is 5.93. The summed E-state index contributed by atoms with van der Waals surface area (Å²) in [6.07, 6.45) is 2.22. The van der Waals surface area contributed by atoms with Gasteiger partial charge in [-0.05, 0) is 6.42 Å². The average molecular weight is 240 g/mol. The zero-order chi connectivity index (χ0) is 12.7. The number of pyridine rings is 1. The average Bonchev–Trinajstić information content (AvgIpc) is 2.30. The molecule has 0 spiro atoms. The summed E-state index contributed by atoms with van der Waals surface area (Å²) >= 11 is 0. The van der Waals surface area contributed by atoms with Crippen LogP contribution in [0.3, 0.4) is 0 Å². The third-order valence-corrected chi connectivity index (χ3v) is 1.97. The van der Waals surface area contributed by atoms with Crippen LogP contribution in [0.5, 0.6) is 5.88 Å². The second-order valence-corrected chi connectivity index (χ2v) is 3.38. The largest absolute Gasteiger partial charge is 0.478 e. The van der Waals surface area contributed by atoms with Crippen LogP contribution in [-0.2, 0) is 4.74 Å². The number of ether oxygens (including phenoxy) is 2. The second-order valence-electron chi connectivity index (χ2n) is 3.38. The summed E-state index contributed by atoms with van der Waals surface area (Å²) in [6.45, 7) is 3.47. The number of aromatic nitrogens is 1. The lowest BCUT2D eigenvalue weighted by Crippen LogP contribution is -2.09. The van der Waals surface area contributed by atoms with Crippen molar-refractivity contribution < 1.29 is 19.4 Å². The fraction of sp³-hybridized carbons (Fsp3) is 0.455. The van der Waals surface area contributed by atoms with Crippen molar-refractivity contribution >= 4 is 11.7 Å². The summed E-state index contributed by atoms with van der Waals surface area (Å²) in [4.78, 5) is 14.7. The number of nitrogens with zero attached hydrogens (tertiary/aromatic N) is 1. The lowest BCUT2D eigenvalue weighted by atomic mass is 10.2. The molecule has 0 aliphatic rings. The Morgan fingerprint density at radius 2 is 2.24 bits per heavy atom. The van der Waals surface area contributed by atoms with E-state index in [2.05, 4.69) is 4.98 Å². The first-order chi connectivity index (χ1) is 8.15. The van der Waals surface area contributed by atoms with Crippen molar-refractivity contribution in [1.82, 2.24) is 4.98 Å². The first-order valence-corrected chi connectivity index (χ1v) is 5.34. The predicted molar refractivity (Wildman–Crippen MR) is 62.2 cm³/mol. The van der Waals surface area contributed by atoms with Crippen molar-refractivity contribution in [3.8, 4) is 5.88 Å². The highest BCUT2D eigenvalue weighted by Crippen LogP contribution is 2.16. The molecule has 6 nitrogen and oxygen atoms in total. The number of nitrogens with two attached hydrogens (primary N) is 1. The third kappa shape index (κ3) is 4.28. The van der Waals surface area contributed by atoms with E-state index in [1.165, 1.54) is 12.3 Å². The van der Waals surface area contributed by atoms with Crippen LogP contribution in [0.2, 0.25) is 0 Å². The van der Waals surface area contributed by atoms with Gasteiger partial charge in [-0.1, -0.05) is 6.92 Å². The predicted octanol–water partition coefficient (Wildman–Crippen LogP) is 1.17. The second kappa shape index (κ2) is 6.70. The monoisotopic (exact) mass is 240 g/mol. The third-order valence-electron chi connectivity index (χ3n) is 1.97. The van der Waals surface area contributed by atoms with Crippen LogP contribution < -0.4 is 10.5 Å². The van der Waals surface area contributed by atoms with Gasteiger partial charge in [-0.25, -0.2) is 9.78 Å². The topological polar surface area (TPSA) is 94.7 Å². The molecule has 17 heavy (non-hydrogen) atoms. The molecule has 1 aromatic heterocycles. The Hall–Kier alpha value is -1.82. The molecule has 0 saturated carbocycles. The standard InChI is InChI=1S/C11H16N2O4/c1-2-3-16-4-5-17-10-6-8(11(14)15)9(12)7-13-10/h6-7H,2-5,12H2,1H3,(H,14,15). The first kappa shape index (κ1) is 13.2. The van der Waals surface area contributed by atoms with Crippen LogP contribution in [0, 0.1) is 0 Å². The molecule has 0 aromatic carbocycles. The number of anilines is 1. The van der Waals surface area contributed by atoms with Crippen LogP contribution in [0.15, 0.2) is 12.3 Å². The smallest absolute Gasteiger partial charge is 0.338 e. The van der Waals surface area contributed by atoms with Gasteiger partial charge in [0.25, 0.3) is 0 Å². The van der Waals surface area contributed by atoms with Gasteiger partial charge in [0.05, 0.1) is 24.1 Å². The molecule has 0 bridgehead atoms. The van der Waals surface area contributed by atoms with Gasteiger partial charge in [0.2, 0.25) is 5.88 Å². The zero-order valence-corrected chi connectivity index (χ0v) is 9.68. The highest BCUT2D eigenvalue weighted by Gasteiger charge is 2.10. The number of carboxylic acid groups (broad SMARTS) is 1. The van der Waals surface area contributed by atoms with Gasteiger partial charge in [0, 0.05) is 12.7 Å². The molecule has 0 fully saturated rings. The molecule has 0 atom stereocenters. The molecule has 0 aliphatic carbocycles. The molecule has 0 radical (unpaired) electrons. The summed E-state index contributed by atoms with van der Waals surface area (Å²) in [5.74, 6) is -0.867. The lowest BCUT2D eigenvalue weighted by Gasteiger charge is -2.07. The van der Waals surface area contributed by atoms with E-state index in [4.69, 9.17) is 20.3 Å². The van der Waals surface area contributed by atoms with E-state index in [-0.39, 0.29) is 17.1 Å². The maximum Gasteiger partial charge on any atom is 0.338 e. The molecule has 94 valence electrons. The van der Waals surface area contributed by atoms with Gasteiger partial charge in [0.15, 0.2) is 0 Å². The summed E-state index contributed by atoms with van der Waals surface area (Å²) in [5.41, 5.74) is 5.57. The molecule has 0 aliphatic heterocycles. The Kier molecular flexibility index (Phi) is 5.22. The van der Waals surface area contributed by atoms with Crippen LogP contribution in [0.4, 0.5) is 5.69 Å². The number of carboxylic acids is 1. The Balaban J connectivity index is 2.49. The summed E-state index contributed by atoms with van der Waals surface area (Å²) in [5, 5.41) is 8.84. The molecule has 0 unspecified atom stereocenters. The number of aromatic carboxylic acids is 1. The molecule has 1 aromatic rings. The van der Waals surface area contributed by atoms with Crippen molar-refractivity contribution in [3.63, 3.8) is 0 Å². The van der Waals surface area contributed by atoms with Gasteiger partial charge < -0.3 is 20.3 Å². The fourth-order valence-corrected chi connectivity index (χ4v) is 1.16. The van der Waals surface area contributed by atoms with Crippen molar-refractivity contribution in [2.45, 2.75) is 13.3 Å². The molecule has 0 amide bonds. The fourth-order valence-electron chi connectivity index (χ4n) is 1.16. The van der Waals surface area contributed by atoms with Gasteiger partial charge >= 0.3 is 5.97 Å². The SMILES string of the molecule is CCCOCCOc1cc(C(=O)O)c(N)cn1. The number of rotatable bonds is 7. The maximum absolute atomic E-state index is 10.8. The van der Waals surface area contributed by atoms with Crippen LogP contribution >= 0.6 is 0 Å². The van der Waals surface area contributed by atoms with Crippen molar-refractivity contribution in [2.24, 2.45) is 0 Å². The van der Waals surface area contributed by atoms with Gasteiger partial charge in [0.1, 0.15) is 6.61 Å². The van der Waals surface area contributed by atoms with Crippen LogP contribution in [0.25, 0.3) is 0 Å². The molecule has 0 saturated heterocycles. The molecular formula is C11H16N2O4. The number of carbonyl (C=O) groups is 1. The summed E-state index contributed by atoms with van der Waals surface area (Å²) in [7, 11) is 0. The van der Waals surface area contributed by atoms with Crippen molar-refractivity contribution in [3.05, 3.63) is 17.8 Å². The van der Waals surface area contributed by atoms with Gasteiger partial charge in [-0.3, -0.25) is 0 Å². The number of nitrogen functional groups attached to an aromatic ring is 1. The van der Waals surface area contributed by atoms with E-state index in [0.29, 0.717) is 19.8 Å². The molecule has 1 rings (SSSR count). The van der Waals surface area contributed by atoms with Crippen molar-refractivity contribution in [2.75, 3.05) is 25.6 Å². The highest BCUT2D eigenvalue weighted by atomic mass is 16.5. The van der Waals surface area contributed by atoms with Crippen LogP contribution in [-0.4, -0.2) is 35.9 Å². The number of hydrogen-bond acceptors (Lipinski definition) is 5. The Morgan fingerprint density at radius 1 is 1.47 bits per heavy atom. The molecule has 3 N–H and O–H groups in total. The maximum atomic E-state index is 10.8. The minimum absolute atomic E-state index is 0.00974. The van der Waals surface area contributed by atoms with E-state index in [9.17, 15) is 4.79 Å². The molecule has 6 heteroatoms.